The maximum atomic E-state index is 12.5. The smallest absolute Gasteiger partial charge is 0.307 e. The van der Waals surface area contributed by atoms with Crippen LogP contribution in [0.4, 0.5) is 5.69 Å². The molecule has 2 unspecified atom stereocenters. The summed E-state index contributed by atoms with van der Waals surface area (Å²) >= 11 is 0. The normalized spacial score (nSPS) is 24.2. The van der Waals surface area contributed by atoms with Crippen LogP contribution >= 0.6 is 0 Å². The molecule has 1 aromatic rings. The number of amides is 1. The van der Waals surface area contributed by atoms with E-state index in [0.29, 0.717) is 13.0 Å². The van der Waals surface area contributed by atoms with Crippen LogP contribution in [0.2, 0.25) is 0 Å². The SMILES string of the molecule is Cc1cc(C)c2c(c1)N(C(=O)C1CC1C(=O)O)CCC2. The van der Waals surface area contributed by atoms with Gasteiger partial charge in [0, 0.05) is 12.2 Å². The van der Waals surface area contributed by atoms with Crippen LogP contribution in [-0.4, -0.2) is 23.5 Å². The predicted molar refractivity (Wildman–Crippen MR) is 75.8 cm³/mol. The fraction of sp³-hybridized carbons (Fsp3) is 0.500. The van der Waals surface area contributed by atoms with Crippen LogP contribution in [0.15, 0.2) is 12.1 Å². The van der Waals surface area contributed by atoms with Crippen molar-refractivity contribution in [2.75, 3.05) is 11.4 Å². The summed E-state index contributed by atoms with van der Waals surface area (Å²) in [6, 6.07) is 4.20. The number of carbonyl (C=O) groups excluding carboxylic acids is 1. The molecule has 0 aromatic heterocycles. The Labute approximate surface area is 118 Å². The summed E-state index contributed by atoms with van der Waals surface area (Å²) in [5.41, 5.74) is 4.60. The zero-order chi connectivity index (χ0) is 14.4. The number of rotatable bonds is 2. The molecule has 4 heteroatoms. The third kappa shape index (κ3) is 2.09. The molecule has 1 amide bonds. The first kappa shape index (κ1) is 13.2. The molecule has 0 spiro atoms. The number of carboxylic acids is 1. The minimum absolute atomic E-state index is 0.0108. The largest absolute Gasteiger partial charge is 0.481 e. The number of aryl methyl sites for hydroxylation is 2. The van der Waals surface area contributed by atoms with Crippen LogP contribution in [0.3, 0.4) is 0 Å². The summed E-state index contributed by atoms with van der Waals surface area (Å²) < 4.78 is 0. The lowest BCUT2D eigenvalue weighted by Gasteiger charge is -2.31. The van der Waals surface area contributed by atoms with E-state index in [1.54, 1.807) is 0 Å². The topological polar surface area (TPSA) is 57.6 Å². The minimum atomic E-state index is -0.846. The van der Waals surface area contributed by atoms with Gasteiger partial charge in [0.1, 0.15) is 0 Å². The molecule has 1 heterocycles. The molecule has 1 aromatic carbocycles. The molecule has 106 valence electrons. The van der Waals surface area contributed by atoms with Crippen LogP contribution in [-0.2, 0) is 16.0 Å². The first-order valence-electron chi connectivity index (χ1n) is 7.13. The number of aliphatic carboxylic acids is 1. The Bertz CT molecular complexity index is 594. The van der Waals surface area contributed by atoms with E-state index < -0.39 is 11.9 Å². The Morgan fingerprint density at radius 1 is 1.25 bits per heavy atom. The molecule has 0 bridgehead atoms. The van der Waals surface area contributed by atoms with Crippen molar-refractivity contribution in [1.82, 2.24) is 0 Å². The minimum Gasteiger partial charge on any atom is -0.481 e. The van der Waals surface area contributed by atoms with Gasteiger partial charge in [-0.05, 0) is 55.9 Å². The first-order valence-corrected chi connectivity index (χ1v) is 7.13. The van der Waals surface area contributed by atoms with E-state index in [9.17, 15) is 9.59 Å². The van der Waals surface area contributed by atoms with Crippen LogP contribution in [0.25, 0.3) is 0 Å². The van der Waals surface area contributed by atoms with Crippen molar-refractivity contribution in [3.63, 3.8) is 0 Å². The molecule has 2 aliphatic rings. The summed E-state index contributed by atoms with van der Waals surface area (Å²) in [4.78, 5) is 25.3. The van der Waals surface area contributed by atoms with E-state index in [1.165, 1.54) is 11.1 Å². The maximum absolute atomic E-state index is 12.5. The molecule has 0 saturated heterocycles. The van der Waals surface area contributed by atoms with Crippen LogP contribution in [0.1, 0.15) is 29.5 Å². The molecular formula is C16H19NO3. The lowest BCUT2D eigenvalue weighted by molar-refractivity contribution is -0.140. The monoisotopic (exact) mass is 273 g/mol. The van der Waals surface area contributed by atoms with E-state index in [-0.39, 0.29) is 11.8 Å². The van der Waals surface area contributed by atoms with Crippen LogP contribution < -0.4 is 4.90 Å². The van der Waals surface area contributed by atoms with Gasteiger partial charge in [0.2, 0.25) is 5.91 Å². The molecule has 0 radical (unpaired) electrons. The van der Waals surface area contributed by atoms with Crippen molar-refractivity contribution in [1.29, 1.82) is 0 Å². The zero-order valence-electron chi connectivity index (χ0n) is 11.8. The van der Waals surface area contributed by atoms with E-state index in [1.807, 2.05) is 11.8 Å². The Hall–Kier alpha value is -1.84. The summed E-state index contributed by atoms with van der Waals surface area (Å²) in [6.45, 7) is 4.82. The standard InChI is InChI=1S/C16H19NO3/c1-9-6-10(2)11-4-3-5-17(14(11)7-9)15(18)12-8-13(12)16(19)20/h6-7,12-13H,3-5,8H2,1-2H3,(H,19,20). The third-order valence-electron chi connectivity index (χ3n) is 4.38. The average molecular weight is 273 g/mol. The summed E-state index contributed by atoms with van der Waals surface area (Å²) in [7, 11) is 0. The van der Waals surface area contributed by atoms with Gasteiger partial charge in [0.15, 0.2) is 0 Å². The van der Waals surface area contributed by atoms with E-state index >= 15 is 0 Å². The van der Waals surface area contributed by atoms with Gasteiger partial charge in [-0.1, -0.05) is 6.07 Å². The van der Waals surface area contributed by atoms with Crippen LogP contribution in [0, 0.1) is 25.7 Å². The van der Waals surface area contributed by atoms with Crippen molar-refractivity contribution in [2.24, 2.45) is 11.8 Å². The second kappa shape index (κ2) is 4.62. The highest BCUT2D eigenvalue weighted by Crippen LogP contribution is 2.42. The Morgan fingerprint density at radius 3 is 2.65 bits per heavy atom. The molecule has 1 fully saturated rings. The summed E-state index contributed by atoms with van der Waals surface area (Å²) in [6.07, 6.45) is 2.44. The molecular weight excluding hydrogens is 254 g/mol. The predicted octanol–water partition coefficient (Wildman–Crippen LogP) is 2.30. The van der Waals surface area contributed by atoms with Gasteiger partial charge in [-0.15, -0.1) is 0 Å². The Kier molecular flexibility index (Phi) is 3.04. The molecule has 1 saturated carbocycles. The lowest BCUT2D eigenvalue weighted by Crippen LogP contribution is -2.37. The van der Waals surface area contributed by atoms with E-state index in [4.69, 9.17) is 5.11 Å². The van der Waals surface area contributed by atoms with Gasteiger partial charge < -0.3 is 10.0 Å². The average Bonchev–Trinajstić information content (AvgIpc) is 3.17. The van der Waals surface area contributed by atoms with Gasteiger partial charge in [0.25, 0.3) is 0 Å². The number of carbonyl (C=O) groups is 2. The summed E-state index contributed by atoms with van der Waals surface area (Å²) in [5.74, 6) is -1.65. The number of fused-ring (bicyclic) bond motifs is 1. The van der Waals surface area contributed by atoms with Gasteiger partial charge in [-0.25, -0.2) is 0 Å². The quantitative estimate of drug-likeness (QED) is 0.899. The van der Waals surface area contributed by atoms with Gasteiger partial charge >= 0.3 is 5.97 Å². The van der Waals surface area contributed by atoms with E-state index in [0.717, 1.165) is 24.1 Å². The van der Waals surface area contributed by atoms with Gasteiger partial charge in [0.05, 0.1) is 11.8 Å². The number of nitrogens with zero attached hydrogens (tertiary/aromatic N) is 1. The van der Waals surface area contributed by atoms with Gasteiger partial charge in [-0.2, -0.15) is 0 Å². The highest BCUT2D eigenvalue weighted by Gasteiger charge is 2.50. The highest BCUT2D eigenvalue weighted by molar-refractivity contribution is 6.01. The van der Waals surface area contributed by atoms with Gasteiger partial charge in [-0.3, -0.25) is 9.59 Å². The van der Waals surface area contributed by atoms with E-state index in [2.05, 4.69) is 19.1 Å². The number of benzene rings is 1. The second-order valence-electron chi connectivity index (χ2n) is 5.96. The van der Waals surface area contributed by atoms with Crippen molar-refractivity contribution in [2.45, 2.75) is 33.1 Å². The van der Waals surface area contributed by atoms with Crippen molar-refractivity contribution >= 4 is 17.6 Å². The number of carboxylic acid groups (broad SMARTS) is 1. The first-order chi connectivity index (χ1) is 9.49. The van der Waals surface area contributed by atoms with Crippen LogP contribution in [0.5, 0.6) is 0 Å². The molecule has 1 N–H and O–H groups in total. The van der Waals surface area contributed by atoms with Crippen molar-refractivity contribution in [3.05, 3.63) is 28.8 Å². The number of hydrogen-bond donors (Lipinski definition) is 1. The fourth-order valence-electron chi connectivity index (χ4n) is 3.25. The number of anilines is 1. The molecule has 4 nitrogen and oxygen atoms in total. The highest BCUT2D eigenvalue weighted by atomic mass is 16.4. The summed E-state index contributed by atoms with van der Waals surface area (Å²) in [5, 5.41) is 8.98. The van der Waals surface area contributed by atoms with Crippen molar-refractivity contribution in [3.8, 4) is 0 Å². The molecule has 1 aliphatic carbocycles. The third-order valence-corrected chi connectivity index (χ3v) is 4.38. The Morgan fingerprint density at radius 2 is 2.00 bits per heavy atom. The Balaban J connectivity index is 1.91. The van der Waals surface area contributed by atoms with Crippen molar-refractivity contribution < 1.29 is 14.7 Å². The molecule has 1 aliphatic heterocycles. The molecule has 3 rings (SSSR count). The maximum Gasteiger partial charge on any atom is 0.307 e. The second-order valence-corrected chi connectivity index (χ2v) is 5.96. The lowest BCUT2D eigenvalue weighted by atomic mass is 9.94. The number of hydrogen-bond acceptors (Lipinski definition) is 2. The zero-order valence-corrected chi connectivity index (χ0v) is 11.8. The fourth-order valence-corrected chi connectivity index (χ4v) is 3.25. The molecule has 2 atom stereocenters. The molecule has 20 heavy (non-hydrogen) atoms.